The van der Waals surface area contributed by atoms with Gasteiger partial charge in [0.1, 0.15) is 0 Å². The molecule has 0 amide bonds. The Morgan fingerprint density at radius 1 is 1.89 bits per heavy atom. The monoisotopic (exact) mass is 127 g/mol. The molecule has 0 bridgehead atoms. The van der Waals surface area contributed by atoms with Gasteiger partial charge in [-0.25, -0.2) is 4.79 Å². The van der Waals surface area contributed by atoms with Crippen LogP contribution in [0.25, 0.3) is 0 Å². The molecule has 3 heteroatoms. The lowest BCUT2D eigenvalue weighted by Gasteiger charge is -2.03. The van der Waals surface area contributed by atoms with E-state index in [4.69, 9.17) is 4.74 Å². The molecule has 1 heterocycles. The number of cyclic esters (lactones) is 1. The lowest BCUT2D eigenvalue weighted by Crippen LogP contribution is -2.23. The Morgan fingerprint density at radius 2 is 2.56 bits per heavy atom. The molecule has 1 unspecified atom stereocenters. The quantitative estimate of drug-likeness (QED) is 0.399. The van der Waals surface area contributed by atoms with Crippen molar-refractivity contribution in [3.63, 3.8) is 0 Å². The second-order valence-corrected chi connectivity index (χ2v) is 1.99. The maximum atomic E-state index is 10.6. The fourth-order valence-electron chi connectivity index (χ4n) is 0.722. The molecule has 0 aromatic carbocycles. The molecule has 0 radical (unpaired) electrons. The molecule has 1 N–H and O–H groups in total. The third-order valence-corrected chi connectivity index (χ3v) is 1.29. The summed E-state index contributed by atoms with van der Waals surface area (Å²) in [5.41, 5.74) is 0.550. The minimum atomic E-state index is -0.283. The van der Waals surface area contributed by atoms with Crippen molar-refractivity contribution in [1.82, 2.24) is 5.32 Å². The largest absolute Gasteiger partial charge is 0.443 e. The van der Waals surface area contributed by atoms with E-state index in [1.165, 1.54) is 0 Å². The summed E-state index contributed by atoms with van der Waals surface area (Å²) in [4.78, 5) is 10.6. The van der Waals surface area contributed by atoms with Crippen molar-refractivity contribution in [1.29, 1.82) is 0 Å². The second-order valence-electron chi connectivity index (χ2n) is 1.99. The van der Waals surface area contributed by atoms with Crippen molar-refractivity contribution in [2.45, 2.75) is 12.6 Å². The molecule has 0 aromatic rings. The van der Waals surface area contributed by atoms with Crippen LogP contribution in [-0.4, -0.2) is 19.2 Å². The summed E-state index contributed by atoms with van der Waals surface area (Å²) in [7, 11) is 1.75. The first-order valence-corrected chi connectivity index (χ1v) is 2.80. The van der Waals surface area contributed by atoms with Gasteiger partial charge in [-0.1, -0.05) is 6.58 Å². The zero-order valence-corrected chi connectivity index (χ0v) is 5.31. The van der Waals surface area contributed by atoms with Gasteiger partial charge in [-0.15, -0.1) is 0 Å². The molecule has 1 aliphatic rings. The minimum Gasteiger partial charge on any atom is -0.443 e. The fraction of sp³-hybridized carbons (Fsp3) is 0.500. The van der Waals surface area contributed by atoms with Crippen molar-refractivity contribution in [3.8, 4) is 0 Å². The zero-order valence-electron chi connectivity index (χ0n) is 5.31. The highest BCUT2D eigenvalue weighted by Crippen LogP contribution is 2.15. The SMILES string of the molecule is C=C1CC(NC)OC1=O. The predicted molar refractivity (Wildman–Crippen MR) is 32.7 cm³/mol. The highest BCUT2D eigenvalue weighted by atomic mass is 16.6. The van der Waals surface area contributed by atoms with Crippen LogP contribution in [0.5, 0.6) is 0 Å². The number of hydrogen-bond donors (Lipinski definition) is 1. The van der Waals surface area contributed by atoms with Crippen molar-refractivity contribution in [2.24, 2.45) is 0 Å². The molecule has 9 heavy (non-hydrogen) atoms. The van der Waals surface area contributed by atoms with Gasteiger partial charge in [-0.05, 0) is 7.05 Å². The summed E-state index contributed by atoms with van der Waals surface area (Å²) in [6.45, 7) is 3.52. The van der Waals surface area contributed by atoms with Gasteiger partial charge in [-0.3, -0.25) is 5.32 Å². The number of rotatable bonds is 1. The summed E-state index contributed by atoms with van der Waals surface area (Å²) >= 11 is 0. The highest BCUT2D eigenvalue weighted by molar-refractivity contribution is 5.89. The molecule has 0 spiro atoms. The molecule has 1 aliphatic heterocycles. The molecule has 1 atom stereocenters. The maximum absolute atomic E-state index is 10.6. The number of esters is 1. The summed E-state index contributed by atoms with van der Waals surface area (Å²) in [5.74, 6) is -0.283. The number of hydrogen-bond acceptors (Lipinski definition) is 3. The van der Waals surface area contributed by atoms with Gasteiger partial charge in [0.2, 0.25) is 0 Å². The van der Waals surface area contributed by atoms with Crippen LogP contribution in [0.4, 0.5) is 0 Å². The van der Waals surface area contributed by atoms with Crippen LogP contribution in [0, 0.1) is 0 Å². The smallest absolute Gasteiger partial charge is 0.335 e. The molecule has 0 aliphatic carbocycles. The fourth-order valence-corrected chi connectivity index (χ4v) is 0.722. The van der Waals surface area contributed by atoms with E-state index in [0.29, 0.717) is 12.0 Å². The van der Waals surface area contributed by atoms with Crippen LogP contribution in [0.1, 0.15) is 6.42 Å². The molecule has 0 saturated carbocycles. The van der Waals surface area contributed by atoms with Crippen LogP contribution >= 0.6 is 0 Å². The van der Waals surface area contributed by atoms with Crippen molar-refractivity contribution in [3.05, 3.63) is 12.2 Å². The van der Waals surface area contributed by atoms with Gasteiger partial charge in [0, 0.05) is 12.0 Å². The van der Waals surface area contributed by atoms with E-state index in [1.54, 1.807) is 7.05 Å². The van der Waals surface area contributed by atoms with Gasteiger partial charge in [-0.2, -0.15) is 0 Å². The Balaban J connectivity index is 2.54. The lowest BCUT2D eigenvalue weighted by molar-refractivity contribution is -0.139. The van der Waals surface area contributed by atoms with Crippen LogP contribution in [0.15, 0.2) is 12.2 Å². The van der Waals surface area contributed by atoms with Gasteiger partial charge < -0.3 is 4.74 Å². The zero-order chi connectivity index (χ0) is 6.85. The predicted octanol–water partition coefficient (Wildman–Crippen LogP) is 0.0350. The first kappa shape index (κ1) is 6.29. The summed E-state index contributed by atoms with van der Waals surface area (Å²) in [5, 5.41) is 2.82. The Morgan fingerprint density at radius 3 is 2.78 bits per heavy atom. The molecule has 0 aromatic heterocycles. The number of ether oxygens (including phenoxy) is 1. The molecule has 50 valence electrons. The van der Waals surface area contributed by atoms with E-state index in [2.05, 4.69) is 11.9 Å². The van der Waals surface area contributed by atoms with Crippen LogP contribution in [-0.2, 0) is 9.53 Å². The van der Waals surface area contributed by atoms with E-state index >= 15 is 0 Å². The average molecular weight is 127 g/mol. The standard InChI is InChI=1S/C6H9NO2/c1-4-3-5(7-2)9-6(4)8/h5,7H,1,3H2,2H3. The number of carbonyl (C=O) groups excluding carboxylic acids is 1. The Kier molecular flexibility index (Phi) is 1.53. The first-order valence-electron chi connectivity index (χ1n) is 2.80. The van der Waals surface area contributed by atoms with E-state index < -0.39 is 0 Å². The van der Waals surface area contributed by atoms with Gasteiger partial charge in [0.25, 0.3) is 0 Å². The van der Waals surface area contributed by atoms with E-state index in [-0.39, 0.29) is 12.2 Å². The number of carbonyl (C=O) groups is 1. The van der Waals surface area contributed by atoms with Gasteiger partial charge in [0.05, 0.1) is 0 Å². The molecule has 1 saturated heterocycles. The Bertz CT molecular complexity index is 137. The molecule has 3 nitrogen and oxygen atoms in total. The summed E-state index contributed by atoms with van der Waals surface area (Å²) < 4.78 is 4.77. The second kappa shape index (κ2) is 2.19. The van der Waals surface area contributed by atoms with E-state index in [1.807, 2.05) is 0 Å². The molecular weight excluding hydrogens is 118 g/mol. The Hall–Kier alpha value is -0.830. The molecule has 1 rings (SSSR count). The Labute approximate surface area is 53.7 Å². The van der Waals surface area contributed by atoms with Gasteiger partial charge >= 0.3 is 5.97 Å². The summed E-state index contributed by atoms with van der Waals surface area (Å²) in [6, 6.07) is 0. The topological polar surface area (TPSA) is 38.3 Å². The van der Waals surface area contributed by atoms with E-state index in [0.717, 1.165) is 0 Å². The first-order chi connectivity index (χ1) is 4.24. The van der Waals surface area contributed by atoms with E-state index in [9.17, 15) is 4.79 Å². The highest BCUT2D eigenvalue weighted by Gasteiger charge is 2.25. The van der Waals surface area contributed by atoms with Crippen LogP contribution in [0.3, 0.4) is 0 Å². The third kappa shape index (κ3) is 1.10. The third-order valence-electron chi connectivity index (χ3n) is 1.29. The maximum Gasteiger partial charge on any atom is 0.335 e. The molecule has 1 fully saturated rings. The summed E-state index contributed by atoms with van der Waals surface area (Å²) in [6.07, 6.45) is 0.458. The van der Waals surface area contributed by atoms with Crippen molar-refractivity contribution in [2.75, 3.05) is 7.05 Å². The molecular formula is C6H9NO2. The minimum absolute atomic E-state index is 0.148. The van der Waals surface area contributed by atoms with Crippen LogP contribution < -0.4 is 5.32 Å². The lowest BCUT2D eigenvalue weighted by atomic mass is 10.2. The van der Waals surface area contributed by atoms with Gasteiger partial charge in [0.15, 0.2) is 6.23 Å². The van der Waals surface area contributed by atoms with Crippen LogP contribution in [0.2, 0.25) is 0 Å². The normalized spacial score (nSPS) is 26.6. The van der Waals surface area contributed by atoms with Crippen molar-refractivity contribution < 1.29 is 9.53 Å². The van der Waals surface area contributed by atoms with Crippen molar-refractivity contribution >= 4 is 5.97 Å². The average Bonchev–Trinajstić information content (AvgIpc) is 2.13. The number of nitrogens with one attached hydrogen (secondary N) is 1.